The van der Waals surface area contributed by atoms with Crippen LogP contribution in [0, 0.1) is 23.7 Å². The lowest BCUT2D eigenvalue weighted by molar-refractivity contribution is -0.0498. The van der Waals surface area contributed by atoms with Gasteiger partial charge in [-0.1, -0.05) is 0 Å². The molecule has 4 atom stereocenters. The summed E-state index contributed by atoms with van der Waals surface area (Å²) in [6, 6.07) is 5.93. The van der Waals surface area contributed by atoms with Gasteiger partial charge in [0.1, 0.15) is 5.75 Å². The molecule has 0 aromatic heterocycles. The van der Waals surface area contributed by atoms with E-state index in [1.165, 1.54) is 31.4 Å². The summed E-state index contributed by atoms with van der Waals surface area (Å²) in [5.41, 5.74) is 0.594. The summed E-state index contributed by atoms with van der Waals surface area (Å²) < 4.78 is 28.5. The number of nitrogens with one attached hydrogen (secondary N) is 1. The second-order valence-electron chi connectivity index (χ2n) is 6.90. The van der Waals surface area contributed by atoms with Gasteiger partial charge in [-0.05, 0) is 67.2 Å². The number of hydrogen-bond acceptors (Lipinski definition) is 2. The van der Waals surface area contributed by atoms with E-state index in [2.05, 4.69) is 10.1 Å². The summed E-state index contributed by atoms with van der Waals surface area (Å²) in [6.07, 6.45) is 4.01. The Labute approximate surface area is 133 Å². The molecule has 0 spiro atoms. The van der Waals surface area contributed by atoms with Gasteiger partial charge >= 0.3 is 12.6 Å². The minimum absolute atomic E-state index is 0.0882. The topological polar surface area (TPSA) is 41.6 Å². The molecule has 4 unspecified atom stereocenters. The lowest BCUT2D eigenvalue weighted by atomic mass is 9.82. The standard InChI is InChI=1S/C17H20F2N2O2/c18-16(19)23-13-5-3-12(4-6-13)20-17(22)21-8-14-10-1-2-11(7-10)15(14)9-21/h3-6,10-11,14-16H,1-2,7-9H2,(H,20,22). The van der Waals surface area contributed by atoms with Crippen LogP contribution >= 0.6 is 0 Å². The van der Waals surface area contributed by atoms with Gasteiger partial charge in [0.05, 0.1) is 0 Å². The maximum atomic E-state index is 12.4. The molecule has 3 aliphatic rings. The van der Waals surface area contributed by atoms with E-state index >= 15 is 0 Å². The van der Waals surface area contributed by atoms with Crippen molar-refractivity contribution in [2.45, 2.75) is 25.9 Å². The maximum absolute atomic E-state index is 12.4. The first-order valence-electron chi connectivity index (χ1n) is 8.21. The van der Waals surface area contributed by atoms with Crippen molar-refractivity contribution in [3.05, 3.63) is 24.3 Å². The van der Waals surface area contributed by atoms with Crippen molar-refractivity contribution in [1.29, 1.82) is 0 Å². The van der Waals surface area contributed by atoms with Gasteiger partial charge in [-0.3, -0.25) is 0 Å². The van der Waals surface area contributed by atoms with Crippen LogP contribution in [-0.4, -0.2) is 30.6 Å². The number of halogens is 2. The van der Waals surface area contributed by atoms with E-state index in [-0.39, 0.29) is 11.8 Å². The smallest absolute Gasteiger partial charge is 0.387 e. The highest BCUT2D eigenvalue weighted by Crippen LogP contribution is 2.55. The number of hydrogen-bond donors (Lipinski definition) is 1. The van der Waals surface area contributed by atoms with Crippen LogP contribution in [0.2, 0.25) is 0 Å². The zero-order chi connectivity index (χ0) is 16.0. The van der Waals surface area contributed by atoms with Crippen molar-refractivity contribution < 1.29 is 18.3 Å². The summed E-state index contributed by atoms with van der Waals surface area (Å²) in [5.74, 6) is 3.08. The fourth-order valence-electron chi connectivity index (χ4n) is 4.77. The van der Waals surface area contributed by atoms with Gasteiger partial charge in [0.2, 0.25) is 0 Å². The molecule has 23 heavy (non-hydrogen) atoms. The number of anilines is 1. The average Bonchev–Trinajstić information content (AvgIpc) is 3.21. The van der Waals surface area contributed by atoms with Crippen LogP contribution < -0.4 is 10.1 Å². The number of fused-ring (bicyclic) bond motifs is 5. The fourth-order valence-corrected chi connectivity index (χ4v) is 4.77. The third kappa shape index (κ3) is 2.75. The maximum Gasteiger partial charge on any atom is 0.387 e. The molecule has 4 rings (SSSR count). The van der Waals surface area contributed by atoms with Crippen molar-refractivity contribution in [3.63, 3.8) is 0 Å². The van der Waals surface area contributed by atoms with Gasteiger partial charge in [0.25, 0.3) is 0 Å². The zero-order valence-electron chi connectivity index (χ0n) is 12.8. The molecule has 1 aliphatic heterocycles. The van der Waals surface area contributed by atoms with Gasteiger partial charge in [0, 0.05) is 18.8 Å². The number of benzene rings is 1. The SMILES string of the molecule is O=C(Nc1ccc(OC(F)F)cc1)N1CC2C3CCC(C3)C2C1. The Morgan fingerprint density at radius 3 is 2.30 bits per heavy atom. The van der Waals surface area contributed by atoms with Crippen molar-refractivity contribution in [2.24, 2.45) is 23.7 Å². The van der Waals surface area contributed by atoms with Gasteiger partial charge < -0.3 is 15.0 Å². The van der Waals surface area contributed by atoms with Gasteiger partial charge in [0.15, 0.2) is 0 Å². The average molecular weight is 322 g/mol. The molecule has 2 aliphatic carbocycles. The first-order valence-corrected chi connectivity index (χ1v) is 8.21. The van der Waals surface area contributed by atoms with Crippen LogP contribution in [0.4, 0.5) is 19.3 Å². The second-order valence-corrected chi connectivity index (χ2v) is 6.90. The summed E-state index contributed by atoms with van der Waals surface area (Å²) >= 11 is 0. The Bertz CT molecular complexity index is 575. The predicted molar refractivity (Wildman–Crippen MR) is 81.5 cm³/mol. The third-order valence-corrected chi connectivity index (χ3v) is 5.76. The molecular weight excluding hydrogens is 302 g/mol. The third-order valence-electron chi connectivity index (χ3n) is 5.76. The summed E-state index contributed by atoms with van der Waals surface area (Å²) in [4.78, 5) is 14.3. The molecule has 1 aromatic carbocycles. The summed E-state index contributed by atoms with van der Waals surface area (Å²) in [6.45, 7) is -1.14. The number of rotatable bonds is 3. The Balaban J connectivity index is 1.35. The molecule has 2 saturated carbocycles. The number of nitrogens with zero attached hydrogens (tertiary/aromatic N) is 1. The molecular formula is C17H20F2N2O2. The van der Waals surface area contributed by atoms with Crippen molar-refractivity contribution in [1.82, 2.24) is 4.90 Å². The van der Waals surface area contributed by atoms with E-state index in [1.807, 2.05) is 4.90 Å². The van der Waals surface area contributed by atoms with E-state index in [0.717, 1.165) is 24.9 Å². The molecule has 2 amide bonds. The van der Waals surface area contributed by atoms with Gasteiger partial charge in [-0.2, -0.15) is 8.78 Å². The first-order chi connectivity index (χ1) is 11.1. The first kappa shape index (κ1) is 14.7. The van der Waals surface area contributed by atoms with E-state index in [0.29, 0.717) is 17.5 Å². The lowest BCUT2D eigenvalue weighted by Gasteiger charge is -2.22. The highest BCUT2D eigenvalue weighted by Gasteiger charge is 2.52. The monoisotopic (exact) mass is 322 g/mol. The number of alkyl halides is 2. The van der Waals surface area contributed by atoms with Crippen LogP contribution in [0.15, 0.2) is 24.3 Å². The Morgan fingerprint density at radius 2 is 1.74 bits per heavy atom. The highest BCUT2D eigenvalue weighted by molar-refractivity contribution is 5.89. The number of carbonyl (C=O) groups excluding carboxylic acids is 1. The van der Waals surface area contributed by atoms with E-state index in [9.17, 15) is 13.6 Å². The summed E-state index contributed by atoms with van der Waals surface area (Å²) in [7, 11) is 0. The molecule has 1 aromatic rings. The van der Waals surface area contributed by atoms with E-state index < -0.39 is 6.61 Å². The molecule has 0 radical (unpaired) electrons. The van der Waals surface area contributed by atoms with Crippen molar-refractivity contribution in [2.75, 3.05) is 18.4 Å². The number of carbonyl (C=O) groups is 1. The van der Waals surface area contributed by atoms with E-state index in [1.54, 1.807) is 12.1 Å². The van der Waals surface area contributed by atoms with Crippen LogP contribution in [-0.2, 0) is 0 Å². The molecule has 4 nitrogen and oxygen atoms in total. The molecule has 1 heterocycles. The molecule has 2 bridgehead atoms. The number of likely N-dealkylation sites (tertiary alicyclic amines) is 1. The molecule has 124 valence electrons. The van der Waals surface area contributed by atoms with Crippen LogP contribution in [0.25, 0.3) is 0 Å². The number of urea groups is 1. The zero-order valence-corrected chi connectivity index (χ0v) is 12.8. The van der Waals surface area contributed by atoms with Crippen LogP contribution in [0.3, 0.4) is 0 Å². The quantitative estimate of drug-likeness (QED) is 0.920. The van der Waals surface area contributed by atoms with E-state index in [4.69, 9.17) is 0 Å². The second kappa shape index (κ2) is 5.65. The number of ether oxygens (including phenoxy) is 1. The molecule has 1 N–H and O–H groups in total. The van der Waals surface area contributed by atoms with Crippen LogP contribution in [0.5, 0.6) is 5.75 Å². The Hall–Kier alpha value is -1.85. The van der Waals surface area contributed by atoms with Crippen molar-refractivity contribution >= 4 is 11.7 Å². The normalized spacial score (nSPS) is 31.5. The Morgan fingerprint density at radius 1 is 1.13 bits per heavy atom. The van der Waals surface area contributed by atoms with Crippen molar-refractivity contribution in [3.8, 4) is 5.75 Å². The predicted octanol–water partition coefficient (Wildman–Crippen LogP) is 3.80. The number of amides is 2. The summed E-state index contributed by atoms with van der Waals surface area (Å²) in [5, 5.41) is 2.85. The highest BCUT2D eigenvalue weighted by atomic mass is 19.3. The lowest BCUT2D eigenvalue weighted by Crippen LogP contribution is -2.34. The fraction of sp³-hybridized carbons (Fsp3) is 0.588. The molecule has 6 heteroatoms. The van der Waals surface area contributed by atoms with Gasteiger partial charge in [-0.15, -0.1) is 0 Å². The minimum atomic E-state index is -2.84. The molecule has 3 fully saturated rings. The van der Waals surface area contributed by atoms with Crippen LogP contribution in [0.1, 0.15) is 19.3 Å². The molecule has 1 saturated heterocycles. The Kier molecular flexibility index (Phi) is 3.62. The largest absolute Gasteiger partial charge is 0.435 e. The minimum Gasteiger partial charge on any atom is -0.435 e. The van der Waals surface area contributed by atoms with Gasteiger partial charge in [-0.25, -0.2) is 4.79 Å².